The van der Waals surface area contributed by atoms with Crippen LogP contribution < -0.4 is 10.6 Å². The van der Waals surface area contributed by atoms with Gasteiger partial charge < -0.3 is 10.6 Å². The maximum absolute atomic E-state index is 4.79. The molecule has 0 atom stereocenters. The molecule has 0 heterocycles. The molecule has 20 heavy (non-hydrogen) atoms. The second kappa shape index (κ2) is 9.64. The van der Waals surface area contributed by atoms with Gasteiger partial charge in [-0.15, -0.1) is 24.0 Å². The van der Waals surface area contributed by atoms with Crippen molar-refractivity contribution in [1.82, 2.24) is 10.6 Å². The highest BCUT2D eigenvalue weighted by molar-refractivity contribution is 14.0. The number of aliphatic imine (C=N–C) groups is 1. The van der Waals surface area contributed by atoms with E-state index in [4.69, 9.17) is 4.99 Å². The minimum absolute atomic E-state index is 0. The predicted octanol–water partition coefficient (Wildman–Crippen LogP) is 3.70. The van der Waals surface area contributed by atoms with Crippen LogP contribution in [0.5, 0.6) is 0 Å². The summed E-state index contributed by atoms with van der Waals surface area (Å²) in [6.45, 7) is 6.43. The van der Waals surface area contributed by atoms with Gasteiger partial charge in [0, 0.05) is 19.1 Å². The molecule has 0 aromatic carbocycles. The lowest BCUT2D eigenvalue weighted by atomic mass is 9.83. The summed E-state index contributed by atoms with van der Waals surface area (Å²) in [4.78, 5) is 4.79. The van der Waals surface area contributed by atoms with Crippen LogP contribution in [0.15, 0.2) is 17.1 Å². The Morgan fingerprint density at radius 1 is 1.15 bits per heavy atom. The summed E-state index contributed by atoms with van der Waals surface area (Å²) in [6.07, 6.45) is 12.3. The van der Waals surface area contributed by atoms with E-state index in [0.29, 0.717) is 6.04 Å². The van der Waals surface area contributed by atoms with Crippen molar-refractivity contribution in [3.05, 3.63) is 12.2 Å². The van der Waals surface area contributed by atoms with Gasteiger partial charge in [0.05, 0.1) is 0 Å². The lowest BCUT2D eigenvalue weighted by Crippen LogP contribution is -2.42. The van der Waals surface area contributed by atoms with Crippen molar-refractivity contribution in [2.45, 2.75) is 58.4 Å². The Morgan fingerprint density at radius 3 is 2.40 bits per heavy atom. The summed E-state index contributed by atoms with van der Waals surface area (Å²) in [5.41, 5.74) is 0. The molecule has 0 aromatic heterocycles. The van der Waals surface area contributed by atoms with E-state index in [9.17, 15) is 0 Å². The van der Waals surface area contributed by atoms with Gasteiger partial charge in [-0.05, 0) is 44.4 Å². The minimum Gasteiger partial charge on any atom is -0.357 e. The molecule has 1 fully saturated rings. The van der Waals surface area contributed by atoms with E-state index in [1.165, 1.54) is 25.7 Å². The van der Waals surface area contributed by atoms with E-state index in [-0.39, 0.29) is 24.0 Å². The highest BCUT2D eigenvalue weighted by atomic mass is 127. The zero-order valence-corrected chi connectivity index (χ0v) is 15.2. The normalized spacial score (nSPS) is 27.2. The summed E-state index contributed by atoms with van der Waals surface area (Å²) < 4.78 is 0. The van der Waals surface area contributed by atoms with Gasteiger partial charge in [0.1, 0.15) is 0 Å². The molecule has 0 amide bonds. The number of hydrogen-bond donors (Lipinski definition) is 2. The van der Waals surface area contributed by atoms with Crippen LogP contribution in [0.25, 0.3) is 0 Å². The monoisotopic (exact) mass is 391 g/mol. The van der Waals surface area contributed by atoms with Gasteiger partial charge in [-0.3, -0.25) is 4.99 Å². The molecule has 2 aliphatic carbocycles. The lowest BCUT2D eigenvalue weighted by molar-refractivity contribution is 0.296. The molecule has 0 saturated heterocycles. The van der Waals surface area contributed by atoms with Crippen LogP contribution in [0.1, 0.15) is 52.4 Å². The molecule has 3 nitrogen and oxygen atoms in total. The Kier molecular flexibility index (Phi) is 8.57. The molecular weight excluding hydrogens is 361 g/mol. The Balaban J connectivity index is 0.00000200. The van der Waals surface area contributed by atoms with Crippen molar-refractivity contribution in [2.24, 2.45) is 16.8 Å². The van der Waals surface area contributed by atoms with Crippen molar-refractivity contribution in [2.75, 3.05) is 13.1 Å². The summed E-state index contributed by atoms with van der Waals surface area (Å²) in [5, 5.41) is 6.91. The van der Waals surface area contributed by atoms with Crippen LogP contribution in [-0.4, -0.2) is 25.1 Å². The van der Waals surface area contributed by atoms with Gasteiger partial charge in [-0.1, -0.05) is 31.9 Å². The minimum atomic E-state index is 0. The second-order valence-corrected chi connectivity index (χ2v) is 6.13. The van der Waals surface area contributed by atoms with Crippen LogP contribution >= 0.6 is 24.0 Å². The fraction of sp³-hybridized carbons (Fsp3) is 0.812. The maximum atomic E-state index is 4.79. The van der Waals surface area contributed by atoms with Gasteiger partial charge in [0.15, 0.2) is 5.96 Å². The number of rotatable bonds is 4. The van der Waals surface area contributed by atoms with Gasteiger partial charge in [0.2, 0.25) is 0 Å². The Hall–Kier alpha value is -0.260. The van der Waals surface area contributed by atoms with E-state index >= 15 is 0 Å². The second-order valence-electron chi connectivity index (χ2n) is 6.13. The molecule has 0 radical (unpaired) electrons. The Morgan fingerprint density at radius 2 is 1.80 bits per heavy atom. The molecule has 0 aliphatic heterocycles. The molecule has 0 unspecified atom stereocenters. The van der Waals surface area contributed by atoms with Crippen LogP contribution in [0.4, 0.5) is 0 Å². The lowest BCUT2D eigenvalue weighted by Gasteiger charge is -2.25. The molecule has 2 aliphatic rings. The largest absolute Gasteiger partial charge is 0.357 e. The molecule has 0 bridgehead atoms. The zero-order valence-electron chi connectivity index (χ0n) is 12.9. The maximum Gasteiger partial charge on any atom is 0.191 e. The first-order valence-electron chi connectivity index (χ1n) is 7.97. The third-order valence-corrected chi connectivity index (χ3v) is 4.34. The Labute approximate surface area is 141 Å². The molecule has 2 N–H and O–H groups in total. The fourth-order valence-electron chi connectivity index (χ4n) is 2.98. The average Bonchev–Trinajstić information content (AvgIpc) is 2.91. The number of guanidine groups is 1. The van der Waals surface area contributed by atoms with Crippen molar-refractivity contribution < 1.29 is 0 Å². The van der Waals surface area contributed by atoms with Crippen LogP contribution in [0, 0.1) is 11.8 Å². The molecule has 1 saturated carbocycles. The summed E-state index contributed by atoms with van der Waals surface area (Å²) in [6, 6.07) is 0.546. The summed E-state index contributed by atoms with van der Waals surface area (Å²) >= 11 is 0. The number of nitrogens with one attached hydrogen (secondary N) is 2. The van der Waals surface area contributed by atoms with E-state index in [2.05, 4.69) is 36.6 Å². The Bertz CT molecular complexity index is 312. The first kappa shape index (κ1) is 17.8. The highest BCUT2D eigenvalue weighted by Gasteiger charge is 2.18. The summed E-state index contributed by atoms with van der Waals surface area (Å²) in [5.74, 6) is 2.74. The van der Waals surface area contributed by atoms with Gasteiger partial charge in [-0.25, -0.2) is 0 Å². The topological polar surface area (TPSA) is 36.4 Å². The van der Waals surface area contributed by atoms with Crippen molar-refractivity contribution in [1.29, 1.82) is 0 Å². The first-order chi connectivity index (χ1) is 9.28. The molecule has 0 spiro atoms. The van der Waals surface area contributed by atoms with Crippen molar-refractivity contribution >= 4 is 29.9 Å². The van der Waals surface area contributed by atoms with E-state index in [0.717, 1.165) is 43.7 Å². The van der Waals surface area contributed by atoms with E-state index in [1.54, 1.807) is 0 Å². The molecule has 4 heteroatoms. The molecule has 116 valence electrons. The van der Waals surface area contributed by atoms with Crippen LogP contribution in [0.2, 0.25) is 0 Å². The average molecular weight is 391 g/mol. The molecule has 0 aromatic rings. The third-order valence-electron chi connectivity index (χ3n) is 4.34. The van der Waals surface area contributed by atoms with Gasteiger partial charge >= 0.3 is 0 Å². The quantitative estimate of drug-likeness (QED) is 0.332. The predicted molar refractivity (Wildman–Crippen MR) is 97.8 cm³/mol. The fourth-order valence-corrected chi connectivity index (χ4v) is 2.98. The van der Waals surface area contributed by atoms with Crippen molar-refractivity contribution in [3.8, 4) is 0 Å². The smallest absolute Gasteiger partial charge is 0.191 e. The zero-order chi connectivity index (χ0) is 13.5. The van der Waals surface area contributed by atoms with Crippen LogP contribution in [-0.2, 0) is 0 Å². The van der Waals surface area contributed by atoms with E-state index in [1.807, 2.05) is 0 Å². The number of hydrogen-bond acceptors (Lipinski definition) is 1. The SMILES string of the molecule is CCNC(=NCC1CCC(C)CC1)NC1CC=CC1.I. The summed E-state index contributed by atoms with van der Waals surface area (Å²) in [7, 11) is 0. The number of nitrogens with zero attached hydrogens (tertiary/aromatic N) is 1. The van der Waals surface area contributed by atoms with Crippen LogP contribution in [0.3, 0.4) is 0 Å². The van der Waals surface area contributed by atoms with Crippen molar-refractivity contribution in [3.63, 3.8) is 0 Å². The van der Waals surface area contributed by atoms with E-state index < -0.39 is 0 Å². The molecule has 2 rings (SSSR count). The van der Waals surface area contributed by atoms with Gasteiger partial charge in [0.25, 0.3) is 0 Å². The first-order valence-corrected chi connectivity index (χ1v) is 7.97. The third kappa shape index (κ3) is 6.02. The highest BCUT2D eigenvalue weighted by Crippen LogP contribution is 2.28. The number of halogens is 1. The standard InChI is InChI=1S/C16H29N3.HI/c1-3-17-16(19-15-6-4-5-7-15)18-12-14-10-8-13(2)9-11-14;/h4-5,13-15H,3,6-12H2,1-2H3,(H2,17,18,19);1H. The molecular formula is C16H30IN3. The van der Waals surface area contributed by atoms with Gasteiger partial charge in [-0.2, -0.15) is 0 Å².